The van der Waals surface area contributed by atoms with Gasteiger partial charge in [0.15, 0.2) is 11.8 Å². The summed E-state index contributed by atoms with van der Waals surface area (Å²) in [4.78, 5) is 1.61. The summed E-state index contributed by atoms with van der Waals surface area (Å²) in [6.45, 7) is 0.443. The lowest BCUT2D eigenvalue weighted by atomic mass is 10.2. The highest BCUT2D eigenvalue weighted by molar-refractivity contribution is 7.89. The maximum Gasteiger partial charge on any atom is 0.246 e. The molecule has 1 heterocycles. The van der Waals surface area contributed by atoms with Gasteiger partial charge in [-0.3, -0.25) is 4.57 Å². The van der Waals surface area contributed by atoms with Crippen LogP contribution in [0.15, 0.2) is 53.4 Å². The molecule has 3 aromatic rings. The van der Waals surface area contributed by atoms with Crippen molar-refractivity contribution in [3.05, 3.63) is 64.1 Å². The van der Waals surface area contributed by atoms with Crippen LogP contribution in [0.2, 0.25) is 10.0 Å². The molecule has 0 saturated heterocycles. The fourth-order valence-corrected chi connectivity index (χ4v) is 5.34. The minimum Gasteiger partial charge on any atom is -0.494 e. The Hall–Kier alpha value is -2.94. The smallest absolute Gasteiger partial charge is 0.246 e. The van der Waals surface area contributed by atoms with E-state index in [1.807, 2.05) is 25.1 Å². The third-order valence-corrected chi connectivity index (χ3v) is 7.41. The van der Waals surface area contributed by atoms with Crippen molar-refractivity contribution >= 4 is 33.2 Å². The third-order valence-electron chi connectivity index (χ3n) is 5.06. The largest absolute Gasteiger partial charge is 0.494 e. The van der Waals surface area contributed by atoms with Gasteiger partial charge in [0.05, 0.1) is 11.6 Å². The highest BCUT2D eigenvalue weighted by Gasteiger charge is 2.29. The fourth-order valence-electron chi connectivity index (χ4n) is 3.27. The van der Waals surface area contributed by atoms with Crippen LogP contribution in [0.1, 0.15) is 5.56 Å². The average Bonchev–Trinajstić information content (AvgIpc) is 3.10. The van der Waals surface area contributed by atoms with Crippen LogP contribution in [0.25, 0.3) is 0 Å². The van der Waals surface area contributed by atoms with Crippen LogP contribution in [0.3, 0.4) is 0 Å². The number of benzene rings is 2. The molecule has 0 unspecified atom stereocenters. The summed E-state index contributed by atoms with van der Waals surface area (Å²) in [6, 6.07) is 13.1. The molecule has 0 saturated carbocycles. The molecular weight excluding hydrogens is 515 g/mol. The number of hydrogen-bond donors (Lipinski definition) is 2. The molecule has 0 atom stereocenters. The van der Waals surface area contributed by atoms with Crippen LogP contribution >= 0.6 is 23.2 Å². The van der Waals surface area contributed by atoms with Crippen molar-refractivity contribution in [2.45, 2.75) is 11.4 Å². The van der Waals surface area contributed by atoms with Gasteiger partial charge in [-0.05, 0) is 50.5 Å². The van der Waals surface area contributed by atoms with Crippen LogP contribution in [-0.2, 0) is 16.6 Å². The number of halogens is 2. The molecule has 0 amide bonds. The Morgan fingerprint density at radius 1 is 0.971 bits per heavy atom. The molecule has 0 spiro atoms. The zero-order valence-corrected chi connectivity index (χ0v) is 21.3. The van der Waals surface area contributed by atoms with E-state index in [0.29, 0.717) is 16.6 Å². The van der Waals surface area contributed by atoms with Crippen molar-refractivity contribution in [1.29, 1.82) is 5.26 Å². The number of nitrogens with zero attached hydrogens (tertiary/aromatic N) is 4. The van der Waals surface area contributed by atoms with Gasteiger partial charge in [0.1, 0.15) is 16.4 Å². The minimum absolute atomic E-state index is 0.00461. The van der Waals surface area contributed by atoms with Gasteiger partial charge in [-0.1, -0.05) is 23.2 Å². The molecule has 35 heavy (non-hydrogen) atoms. The molecule has 9 nitrogen and oxygen atoms in total. The van der Waals surface area contributed by atoms with Gasteiger partial charge in [-0.25, -0.2) is 8.42 Å². The van der Waals surface area contributed by atoms with E-state index in [4.69, 9.17) is 27.9 Å². The highest BCUT2D eigenvalue weighted by atomic mass is 35.5. The Balaban J connectivity index is 2.02. The summed E-state index contributed by atoms with van der Waals surface area (Å²) in [5, 5.41) is 29.9. The normalized spacial score (nSPS) is 11.7. The quantitative estimate of drug-likeness (QED) is 0.398. The highest BCUT2D eigenvalue weighted by Crippen LogP contribution is 2.34. The Morgan fingerprint density at radius 2 is 1.60 bits per heavy atom. The van der Waals surface area contributed by atoms with E-state index in [-0.39, 0.29) is 53.4 Å². The molecule has 3 rings (SSSR count). The van der Waals surface area contributed by atoms with Crippen molar-refractivity contribution in [2.75, 3.05) is 33.7 Å². The Labute approximate surface area is 214 Å². The molecule has 0 aliphatic heterocycles. The summed E-state index contributed by atoms with van der Waals surface area (Å²) in [5.41, 5.74) is 0.133. The first-order valence-electron chi connectivity index (χ1n) is 10.4. The standard InChI is InChI=1S/C23H24Cl2N4O5S/c1-27(2)7-8-28(9-10-29-22(30)5-6-23(29)31)35(32,33)21-11-16(15-26)3-4-20(21)34-19-13-17(24)12-18(25)14-19/h3-6,11-14,30-31H,7-10H2,1-2H3. The van der Waals surface area contributed by atoms with Crippen molar-refractivity contribution in [1.82, 2.24) is 13.8 Å². The Morgan fingerprint density at radius 3 is 2.17 bits per heavy atom. The number of nitriles is 1. The van der Waals surface area contributed by atoms with Gasteiger partial charge in [-0.2, -0.15) is 9.57 Å². The van der Waals surface area contributed by atoms with E-state index >= 15 is 0 Å². The predicted octanol–water partition coefficient (Wildman–Crippen LogP) is 4.12. The second-order valence-corrected chi connectivity index (χ2v) is 10.7. The zero-order chi connectivity index (χ0) is 25.8. The minimum atomic E-state index is -4.19. The van der Waals surface area contributed by atoms with E-state index in [1.165, 1.54) is 57.4 Å². The van der Waals surface area contributed by atoms with E-state index in [1.54, 1.807) is 0 Å². The van der Waals surface area contributed by atoms with Crippen LogP contribution in [-0.4, -0.2) is 66.1 Å². The molecule has 2 N–H and O–H groups in total. The molecule has 0 fully saturated rings. The summed E-state index contributed by atoms with van der Waals surface area (Å²) in [5.74, 6) is -0.170. The van der Waals surface area contributed by atoms with Crippen molar-refractivity contribution in [3.63, 3.8) is 0 Å². The lowest BCUT2D eigenvalue weighted by Crippen LogP contribution is -2.38. The van der Waals surface area contributed by atoms with Gasteiger partial charge in [0.25, 0.3) is 0 Å². The molecule has 2 aromatic carbocycles. The number of rotatable bonds is 10. The number of aromatic hydroxyl groups is 2. The van der Waals surface area contributed by atoms with Gasteiger partial charge >= 0.3 is 0 Å². The second-order valence-electron chi connectivity index (χ2n) is 7.89. The van der Waals surface area contributed by atoms with E-state index in [0.717, 1.165) is 0 Å². The number of sulfonamides is 1. The summed E-state index contributed by atoms with van der Waals surface area (Å²) >= 11 is 12.1. The topological polar surface area (TPSA) is 119 Å². The molecular formula is C23H24Cl2N4O5S. The molecule has 0 bridgehead atoms. The van der Waals surface area contributed by atoms with E-state index in [9.17, 15) is 23.9 Å². The van der Waals surface area contributed by atoms with Gasteiger partial charge in [0.2, 0.25) is 10.0 Å². The molecule has 0 aliphatic carbocycles. The number of aromatic nitrogens is 1. The van der Waals surface area contributed by atoms with E-state index in [2.05, 4.69) is 0 Å². The van der Waals surface area contributed by atoms with Crippen LogP contribution in [0, 0.1) is 11.3 Å². The van der Waals surface area contributed by atoms with Crippen molar-refractivity contribution in [3.8, 4) is 29.3 Å². The lowest BCUT2D eigenvalue weighted by Gasteiger charge is -2.25. The summed E-state index contributed by atoms with van der Waals surface area (Å²) in [7, 11) is -0.576. The Kier molecular flexibility index (Phi) is 8.53. The molecule has 0 radical (unpaired) electrons. The first-order chi connectivity index (χ1) is 16.5. The molecule has 12 heteroatoms. The van der Waals surface area contributed by atoms with Crippen LogP contribution < -0.4 is 4.74 Å². The van der Waals surface area contributed by atoms with E-state index < -0.39 is 10.0 Å². The zero-order valence-electron chi connectivity index (χ0n) is 19.0. The van der Waals surface area contributed by atoms with Gasteiger partial charge in [-0.15, -0.1) is 0 Å². The van der Waals surface area contributed by atoms with Crippen LogP contribution in [0.5, 0.6) is 23.3 Å². The van der Waals surface area contributed by atoms with Crippen molar-refractivity contribution in [2.24, 2.45) is 0 Å². The third kappa shape index (κ3) is 6.60. The first kappa shape index (κ1) is 26.7. The molecule has 0 aliphatic rings. The molecule has 1 aromatic heterocycles. The SMILES string of the molecule is CN(C)CCN(CCn1c(O)ccc1O)S(=O)(=O)c1cc(C#N)ccc1Oc1cc(Cl)cc(Cl)c1. The number of hydrogen-bond acceptors (Lipinski definition) is 7. The summed E-state index contributed by atoms with van der Waals surface area (Å²) < 4.78 is 35.9. The average molecular weight is 539 g/mol. The second kappa shape index (κ2) is 11.2. The number of ether oxygens (including phenoxy) is 1. The first-order valence-corrected chi connectivity index (χ1v) is 12.6. The summed E-state index contributed by atoms with van der Waals surface area (Å²) in [6.07, 6.45) is 0. The maximum atomic E-state index is 13.8. The van der Waals surface area contributed by atoms with Crippen LogP contribution in [0.4, 0.5) is 0 Å². The molecule has 186 valence electrons. The Bertz CT molecular complexity index is 1310. The maximum absolute atomic E-state index is 13.8. The predicted molar refractivity (Wildman–Crippen MR) is 133 cm³/mol. The van der Waals surface area contributed by atoms with Gasteiger partial charge < -0.3 is 19.8 Å². The lowest BCUT2D eigenvalue weighted by molar-refractivity contribution is 0.307. The monoisotopic (exact) mass is 538 g/mol. The fraction of sp³-hybridized carbons (Fsp3) is 0.261. The van der Waals surface area contributed by atoms with Crippen molar-refractivity contribution < 1.29 is 23.4 Å². The van der Waals surface area contributed by atoms with Gasteiger partial charge in [0, 0.05) is 48.4 Å². The number of likely N-dealkylation sites (N-methyl/N-ethyl adjacent to an activating group) is 1.